The second-order valence-corrected chi connectivity index (χ2v) is 6.28. The molecule has 0 aliphatic rings. The summed E-state index contributed by atoms with van der Waals surface area (Å²) in [6.45, 7) is 4.49. The summed E-state index contributed by atoms with van der Waals surface area (Å²) in [5, 5.41) is 14.4. The zero-order valence-corrected chi connectivity index (χ0v) is 14.8. The Labute approximate surface area is 154 Å². The molecule has 0 atom stereocenters. The molecule has 142 valence electrons. The second-order valence-electron chi connectivity index (χ2n) is 6.28. The first-order valence-electron chi connectivity index (χ1n) is 8.42. The minimum absolute atomic E-state index is 0.286. The zero-order valence-electron chi connectivity index (χ0n) is 14.8. The maximum atomic E-state index is 12.7. The van der Waals surface area contributed by atoms with Gasteiger partial charge in [-0.05, 0) is 36.4 Å². The molecular weight excluding hydrogens is 357 g/mol. The lowest BCUT2D eigenvalue weighted by Crippen LogP contribution is -2.21. The average Bonchev–Trinajstić information content (AvgIpc) is 3.09. The van der Waals surface area contributed by atoms with Gasteiger partial charge >= 0.3 is 6.18 Å². The molecule has 2 aromatic carbocycles. The van der Waals surface area contributed by atoms with Crippen LogP contribution in [0.15, 0.2) is 52.9 Å². The normalized spacial score (nSPS) is 11.8. The Morgan fingerprint density at radius 2 is 1.70 bits per heavy atom. The number of halogens is 3. The molecule has 0 amide bonds. The predicted octanol–water partition coefficient (Wildman–Crippen LogP) is 5.00. The lowest BCUT2D eigenvalue weighted by molar-refractivity contribution is -0.137. The highest BCUT2D eigenvalue weighted by Gasteiger charge is 2.29. The maximum Gasteiger partial charge on any atom is 0.416 e. The van der Waals surface area contributed by atoms with E-state index in [-0.39, 0.29) is 6.04 Å². The van der Waals surface area contributed by atoms with Gasteiger partial charge in [0.15, 0.2) is 0 Å². The Balaban J connectivity index is 1.80. The fourth-order valence-corrected chi connectivity index (χ4v) is 2.40. The topological polar surface area (TPSA) is 63.0 Å². The molecule has 0 radical (unpaired) electrons. The molecule has 0 aliphatic carbocycles. The fraction of sp³-hybridized carbons (Fsp3) is 0.263. The monoisotopic (exact) mass is 376 g/mol. The number of nitrogens with zero attached hydrogens (tertiary/aromatic N) is 2. The van der Waals surface area contributed by atoms with E-state index < -0.39 is 11.7 Å². The van der Waals surface area contributed by atoms with E-state index in [0.717, 1.165) is 12.1 Å². The maximum absolute atomic E-state index is 12.7. The fourth-order valence-electron chi connectivity index (χ4n) is 2.40. The first kappa shape index (κ1) is 18.9. The molecule has 8 heteroatoms. The molecular formula is C19H19F3N4O. The molecule has 5 nitrogen and oxygen atoms in total. The highest BCUT2D eigenvalue weighted by molar-refractivity contribution is 5.76. The third-order valence-electron chi connectivity index (χ3n) is 3.78. The van der Waals surface area contributed by atoms with Crippen molar-refractivity contribution < 1.29 is 17.6 Å². The Morgan fingerprint density at radius 1 is 1.00 bits per heavy atom. The van der Waals surface area contributed by atoms with Gasteiger partial charge in [-0.25, -0.2) is 0 Å². The number of alkyl halides is 3. The molecule has 0 spiro atoms. The van der Waals surface area contributed by atoms with Gasteiger partial charge in [0.1, 0.15) is 0 Å². The summed E-state index contributed by atoms with van der Waals surface area (Å²) in [6, 6.07) is 12.4. The first-order chi connectivity index (χ1) is 12.8. The standard InChI is InChI=1S/C19H19F3N4O/c1-12(2)23-11-17-25-26-18(27-17)15-5-3-4-6-16(15)24-14-9-7-13(8-10-14)19(20,21)22/h3-10,12,23-24H,11H2,1-2H3. The van der Waals surface area contributed by atoms with Crippen molar-refractivity contribution in [3.63, 3.8) is 0 Å². The largest absolute Gasteiger partial charge is 0.419 e. The van der Waals surface area contributed by atoms with Crippen LogP contribution in [0.3, 0.4) is 0 Å². The summed E-state index contributed by atoms with van der Waals surface area (Å²) in [4.78, 5) is 0. The van der Waals surface area contributed by atoms with Gasteiger partial charge in [0.2, 0.25) is 11.8 Å². The van der Waals surface area contributed by atoms with Crippen LogP contribution in [0, 0.1) is 0 Å². The van der Waals surface area contributed by atoms with Crippen LogP contribution in [-0.2, 0) is 12.7 Å². The van der Waals surface area contributed by atoms with Crippen molar-refractivity contribution >= 4 is 11.4 Å². The minimum atomic E-state index is -4.36. The van der Waals surface area contributed by atoms with Crippen LogP contribution in [0.5, 0.6) is 0 Å². The smallest absolute Gasteiger partial charge is 0.416 e. The van der Waals surface area contributed by atoms with Gasteiger partial charge in [0.05, 0.1) is 23.4 Å². The van der Waals surface area contributed by atoms with Gasteiger partial charge in [0.25, 0.3) is 0 Å². The van der Waals surface area contributed by atoms with E-state index >= 15 is 0 Å². The number of hydrogen-bond donors (Lipinski definition) is 2. The van der Waals surface area contributed by atoms with Crippen molar-refractivity contribution in [2.45, 2.75) is 32.6 Å². The van der Waals surface area contributed by atoms with E-state index in [2.05, 4.69) is 20.8 Å². The van der Waals surface area contributed by atoms with Crippen LogP contribution in [-0.4, -0.2) is 16.2 Å². The third-order valence-corrected chi connectivity index (χ3v) is 3.78. The number of benzene rings is 2. The quantitative estimate of drug-likeness (QED) is 0.634. The van der Waals surface area contributed by atoms with E-state index in [0.29, 0.717) is 35.3 Å². The number of aromatic nitrogens is 2. The molecule has 27 heavy (non-hydrogen) atoms. The average molecular weight is 376 g/mol. The van der Waals surface area contributed by atoms with Gasteiger partial charge in [-0.15, -0.1) is 10.2 Å². The summed E-state index contributed by atoms with van der Waals surface area (Å²) in [5.74, 6) is 0.800. The molecule has 0 saturated heterocycles. The highest BCUT2D eigenvalue weighted by atomic mass is 19.4. The number of nitrogens with one attached hydrogen (secondary N) is 2. The lowest BCUT2D eigenvalue weighted by Gasteiger charge is -2.11. The molecule has 0 unspecified atom stereocenters. The summed E-state index contributed by atoms with van der Waals surface area (Å²) >= 11 is 0. The molecule has 0 aliphatic heterocycles. The summed E-state index contributed by atoms with van der Waals surface area (Å²) in [7, 11) is 0. The SMILES string of the molecule is CC(C)NCc1nnc(-c2ccccc2Nc2ccc(C(F)(F)F)cc2)o1. The molecule has 0 bridgehead atoms. The Hall–Kier alpha value is -2.87. The molecule has 2 N–H and O–H groups in total. The van der Waals surface area contributed by atoms with E-state index in [1.54, 1.807) is 12.1 Å². The molecule has 0 saturated carbocycles. The van der Waals surface area contributed by atoms with Crippen LogP contribution < -0.4 is 10.6 Å². The predicted molar refractivity (Wildman–Crippen MR) is 96.4 cm³/mol. The van der Waals surface area contributed by atoms with Crippen LogP contribution >= 0.6 is 0 Å². The molecule has 1 heterocycles. The molecule has 3 aromatic rings. The van der Waals surface area contributed by atoms with Crippen molar-refractivity contribution in [3.05, 3.63) is 60.0 Å². The molecule has 0 fully saturated rings. The van der Waals surface area contributed by atoms with Gasteiger partial charge in [0, 0.05) is 11.7 Å². The number of hydrogen-bond acceptors (Lipinski definition) is 5. The summed E-state index contributed by atoms with van der Waals surface area (Å²) in [5.41, 5.74) is 1.15. The third kappa shape index (κ3) is 4.85. The van der Waals surface area contributed by atoms with Crippen molar-refractivity contribution in [1.82, 2.24) is 15.5 Å². The van der Waals surface area contributed by atoms with Gasteiger partial charge in [-0.1, -0.05) is 26.0 Å². The molecule has 1 aromatic heterocycles. The van der Waals surface area contributed by atoms with Crippen LogP contribution in [0.2, 0.25) is 0 Å². The van der Waals surface area contributed by atoms with E-state index in [1.807, 2.05) is 26.0 Å². The van der Waals surface area contributed by atoms with Gasteiger partial charge < -0.3 is 15.1 Å². The van der Waals surface area contributed by atoms with Crippen LogP contribution in [0.25, 0.3) is 11.5 Å². The van der Waals surface area contributed by atoms with Crippen LogP contribution in [0.4, 0.5) is 24.5 Å². The zero-order chi connectivity index (χ0) is 19.4. The number of anilines is 2. The van der Waals surface area contributed by atoms with Crippen molar-refractivity contribution in [1.29, 1.82) is 0 Å². The number of para-hydroxylation sites is 1. The van der Waals surface area contributed by atoms with Crippen molar-refractivity contribution in [2.24, 2.45) is 0 Å². The van der Waals surface area contributed by atoms with Crippen LogP contribution in [0.1, 0.15) is 25.3 Å². The van der Waals surface area contributed by atoms with Crippen molar-refractivity contribution in [2.75, 3.05) is 5.32 Å². The summed E-state index contributed by atoms with van der Waals surface area (Å²) < 4.78 is 43.8. The Bertz CT molecular complexity index is 888. The van der Waals surface area contributed by atoms with E-state index in [1.165, 1.54) is 12.1 Å². The summed E-state index contributed by atoms with van der Waals surface area (Å²) in [6.07, 6.45) is -4.36. The van der Waals surface area contributed by atoms with Crippen molar-refractivity contribution in [3.8, 4) is 11.5 Å². The Morgan fingerprint density at radius 3 is 2.37 bits per heavy atom. The second kappa shape index (κ2) is 7.79. The Kier molecular flexibility index (Phi) is 5.46. The first-order valence-corrected chi connectivity index (χ1v) is 8.42. The van der Waals surface area contributed by atoms with Gasteiger partial charge in [-0.3, -0.25) is 0 Å². The molecule has 3 rings (SSSR count). The lowest BCUT2D eigenvalue weighted by atomic mass is 10.1. The van der Waals surface area contributed by atoms with Gasteiger partial charge in [-0.2, -0.15) is 13.2 Å². The highest BCUT2D eigenvalue weighted by Crippen LogP contribution is 2.32. The van der Waals surface area contributed by atoms with E-state index in [4.69, 9.17) is 4.42 Å². The number of rotatable bonds is 6. The minimum Gasteiger partial charge on any atom is -0.419 e. The van der Waals surface area contributed by atoms with E-state index in [9.17, 15) is 13.2 Å².